The van der Waals surface area contributed by atoms with Gasteiger partial charge in [0, 0.05) is 29.4 Å². The minimum Gasteiger partial charge on any atom is -0.488 e. The summed E-state index contributed by atoms with van der Waals surface area (Å²) in [7, 11) is 2.01. The molecule has 2 fully saturated rings. The zero-order chi connectivity index (χ0) is 21.2. The number of halogens is 1. The fourth-order valence-corrected chi connectivity index (χ4v) is 5.46. The normalized spacial score (nSPS) is 24.8. The van der Waals surface area contributed by atoms with Crippen molar-refractivity contribution in [2.45, 2.75) is 39.3 Å². The van der Waals surface area contributed by atoms with E-state index in [0.717, 1.165) is 40.0 Å². The van der Waals surface area contributed by atoms with E-state index in [1.54, 1.807) is 0 Å². The van der Waals surface area contributed by atoms with Crippen LogP contribution < -0.4 is 4.74 Å². The molecule has 0 unspecified atom stereocenters. The lowest BCUT2D eigenvalue weighted by Gasteiger charge is -2.30. The number of benzene rings is 2. The molecule has 1 saturated heterocycles. The number of nitrogens with zero attached hydrogens (tertiary/aromatic N) is 3. The molecule has 5 nitrogen and oxygen atoms in total. The zero-order valence-corrected chi connectivity index (χ0v) is 19.3. The molecule has 0 N–H and O–H groups in total. The minimum absolute atomic E-state index is 0.0628. The molecule has 6 heteroatoms. The standard InChI is InChI=1S/C24H26BrN3O2/c1-14(17-8-6-5-7-9-17)28-13-24(12-19(24)23(28)29)15(2)30-21-11-18(25)10-20-22(21)27(4)16(3)26-20/h5-11,14-15,19H,12-13H2,1-4H3/t14-,15-,19-,24+/m1/s1. The van der Waals surface area contributed by atoms with Crippen LogP contribution in [0.4, 0.5) is 0 Å². The third kappa shape index (κ3) is 2.88. The van der Waals surface area contributed by atoms with Gasteiger partial charge in [-0.25, -0.2) is 4.98 Å². The highest BCUT2D eigenvalue weighted by Gasteiger charge is 2.69. The molecule has 156 valence electrons. The van der Waals surface area contributed by atoms with Crippen LogP contribution in [0.15, 0.2) is 46.9 Å². The van der Waals surface area contributed by atoms with Gasteiger partial charge in [0.25, 0.3) is 0 Å². The Morgan fingerprint density at radius 1 is 1.23 bits per heavy atom. The van der Waals surface area contributed by atoms with Crippen molar-refractivity contribution >= 4 is 32.9 Å². The first kappa shape index (κ1) is 19.6. The quantitative estimate of drug-likeness (QED) is 0.528. The number of aryl methyl sites for hydroxylation is 2. The topological polar surface area (TPSA) is 47.4 Å². The van der Waals surface area contributed by atoms with Gasteiger partial charge < -0.3 is 14.2 Å². The molecular formula is C24H26BrN3O2. The van der Waals surface area contributed by atoms with Crippen LogP contribution in [0.5, 0.6) is 5.75 Å². The number of aromatic nitrogens is 2. The summed E-state index contributed by atoms with van der Waals surface area (Å²) < 4.78 is 9.55. The van der Waals surface area contributed by atoms with Crippen LogP contribution in [0.3, 0.4) is 0 Å². The number of fused-ring (bicyclic) bond motifs is 2. The van der Waals surface area contributed by atoms with E-state index in [4.69, 9.17) is 4.74 Å². The molecule has 1 saturated carbocycles. The Kier molecular flexibility index (Phi) is 4.47. The first-order valence-electron chi connectivity index (χ1n) is 10.5. The average molecular weight is 468 g/mol. The Hall–Kier alpha value is -2.34. The third-order valence-electron chi connectivity index (χ3n) is 7.15. The van der Waals surface area contributed by atoms with E-state index in [1.165, 1.54) is 5.56 Å². The number of carbonyl (C=O) groups excluding carboxylic acids is 1. The summed E-state index contributed by atoms with van der Waals surface area (Å²) in [6.45, 7) is 6.97. The van der Waals surface area contributed by atoms with Crippen molar-refractivity contribution in [3.05, 3.63) is 58.3 Å². The molecule has 2 aliphatic rings. The molecule has 2 aromatic carbocycles. The highest BCUT2D eigenvalue weighted by Crippen LogP contribution is 2.62. The molecule has 0 spiro atoms. The van der Waals surface area contributed by atoms with Crippen LogP contribution in [0.25, 0.3) is 11.0 Å². The molecule has 0 bridgehead atoms. The van der Waals surface area contributed by atoms with Crippen LogP contribution in [-0.4, -0.2) is 33.0 Å². The number of rotatable bonds is 5. The largest absolute Gasteiger partial charge is 0.488 e. The van der Waals surface area contributed by atoms with Gasteiger partial charge in [0.15, 0.2) is 0 Å². The molecule has 4 atom stereocenters. The summed E-state index contributed by atoms with van der Waals surface area (Å²) in [6.07, 6.45) is 0.846. The fourth-order valence-electron chi connectivity index (χ4n) is 5.03. The second-order valence-corrected chi connectivity index (χ2v) is 9.71. The smallest absolute Gasteiger partial charge is 0.227 e. The van der Waals surface area contributed by atoms with Crippen molar-refractivity contribution in [3.8, 4) is 5.75 Å². The Labute approximate surface area is 185 Å². The second-order valence-electron chi connectivity index (χ2n) is 8.79. The van der Waals surface area contributed by atoms with Crippen LogP contribution in [0, 0.1) is 18.3 Å². The Morgan fingerprint density at radius 3 is 2.70 bits per heavy atom. The highest BCUT2D eigenvalue weighted by atomic mass is 79.9. The number of likely N-dealkylation sites (tertiary alicyclic amines) is 1. The predicted molar refractivity (Wildman–Crippen MR) is 120 cm³/mol. The highest BCUT2D eigenvalue weighted by molar-refractivity contribution is 9.10. The molecule has 1 aliphatic heterocycles. The molecule has 30 heavy (non-hydrogen) atoms. The fraction of sp³-hybridized carbons (Fsp3) is 0.417. The number of amides is 1. The van der Waals surface area contributed by atoms with Crippen molar-refractivity contribution in [2.75, 3.05) is 6.54 Å². The van der Waals surface area contributed by atoms with Crippen molar-refractivity contribution in [1.29, 1.82) is 0 Å². The van der Waals surface area contributed by atoms with Gasteiger partial charge in [0.2, 0.25) is 5.91 Å². The molecule has 1 aromatic heterocycles. The van der Waals surface area contributed by atoms with E-state index < -0.39 is 0 Å². The lowest BCUT2D eigenvalue weighted by Crippen LogP contribution is -2.36. The van der Waals surface area contributed by atoms with Gasteiger partial charge in [-0.15, -0.1) is 0 Å². The molecule has 0 radical (unpaired) electrons. The average Bonchev–Trinajstić information content (AvgIpc) is 3.30. The van der Waals surface area contributed by atoms with Crippen molar-refractivity contribution in [2.24, 2.45) is 18.4 Å². The summed E-state index contributed by atoms with van der Waals surface area (Å²) in [5.41, 5.74) is 2.98. The lowest BCUT2D eigenvalue weighted by molar-refractivity contribution is -0.131. The molecular weight excluding hydrogens is 442 g/mol. The van der Waals surface area contributed by atoms with Gasteiger partial charge in [-0.3, -0.25) is 4.79 Å². The minimum atomic E-state index is -0.109. The Bertz CT molecular complexity index is 1140. The zero-order valence-electron chi connectivity index (χ0n) is 17.7. The molecule has 3 aromatic rings. The van der Waals surface area contributed by atoms with Crippen LogP contribution >= 0.6 is 15.9 Å². The molecule has 2 heterocycles. The van der Waals surface area contributed by atoms with Crippen LogP contribution in [-0.2, 0) is 11.8 Å². The van der Waals surface area contributed by atoms with Gasteiger partial charge in [-0.05, 0) is 44.9 Å². The SMILES string of the molecule is Cc1nc2cc(Br)cc(O[C@H](C)[C@@]34C[C@@H]3C(=O)N([C@H](C)c3ccccc3)C4)c2n1C. The van der Waals surface area contributed by atoms with Gasteiger partial charge in [0.05, 0.1) is 11.6 Å². The number of imidazole rings is 1. The molecule has 5 rings (SSSR count). The predicted octanol–water partition coefficient (Wildman–Crippen LogP) is 5.02. The maximum absolute atomic E-state index is 13.1. The summed E-state index contributed by atoms with van der Waals surface area (Å²) in [4.78, 5) is 19.8. The van der Waals surface area contributed by atoms with Gasteiger partial charge >= 0.3 is 0 Å². The van der Waals surface area contributed by atoms with E-state index in [1.807, 2.05) is 49.2 Å². The van der Waals surface area contributed by atoms with Crippen molar-refractivity contribution < 1.29 is 9.53 Å². The molecule has 1 aliphatic carbocycles. The maximum atomic E-state index is 13.1. The number of hydrogen-bond donors (Lipinski definition) is 0. The van der Waals surface area contributed by atoms with Crippen LogP contribution in [0.2, 0.25) is 0 Å². The first-order valence-corrected chi connectivity index (χ1v) is 11.3. The maximum Gasteiger partial charge on any atom is 0.227 e. The third-order valence-corrected chi connectivity index (χ3v) is 7.61. The van der Waals surface area contributed by atoms with Crippen molar-refractivity contribution in [3.63, 3.8) is 0 Å². The van der Waals surface area contributed by atoms with E-state index >= 15 is 0 Å². The second kappa shape index (κ2) is 6.84. The first-order chi connectivity index (χ1) is 14.3. The van der Waals surface area contributed by atoms with Crippen molar-refractivity contribution in [1.82, 2.24) is 14.5 Å². The summed E-state index contributed by atoms with van der Waals surface area (Å²) in [6, 6.07) is 14.4. The lowest BCUT2D eigenvalue weighted by atomic mass is 9.98. The number of hydrogen-bond acceptors (Lipinski definition) is 3. The molecule has 1 amide bonds. The van der Waals surface area contributed by atoms with E-state index in [-0.39, 0.29) is 29.4 Å². The van der Waals surface area contributed by atoms with Gasteiger partial charge in [-0.1, -0.05) is 46.3 Å². The Morgan fingerprint density at radius 2 is 1.97 bits per heavy atom. The number of ether oxygens (including phenoxy) is 1. The summed E-state index contributed by atoms with van der Waals surface area (Å²) in [5.74, 6) is 2.09. The summed E-state index contributed by atoms with van der Waals surface area (Å²) >= 11 is 3.59. The van der Waals surface area contributed by atoms with E-state index in [2.05, 4.69) is 51.5 Å². The van der Waals surface area contributed by atoms with Gasteiger partial charge in [0.1, 0.15) is 23.2 Å². The monoisotopic (exact) mass is 467 g/mol. The van der Waals surface area contributed by atoms with E-state index in [9.17, 15) is 4.79 Å². The number of carbonyl (C=O) groups is 1. The number of piperidine rings is 1. The Balaban J connectivity index is 1.41. The van der Waals surface area contributed by atoms with Crippen LogP contribution in [0.1, 0.15) is 37.7 Å². The summed E-state index contributed by atoms with van der Waals surface area (Å²) in [5, 5.41) is 0. The van der Waals surface area contributed by atoms with Gasteiger partial charge in [-0.2, -0.15) is 0 Å². The van der Waals surface area contributed by atoms with E-state index in [0.29, 0.717) is 0 Å².